The Morgan fingerprint density at radius 3 is 1.46 bits per heavy atom. The highest BCUT2D eigenvalue weighted by Gasteiger charge is 2.31. The third kappa shape index (κ3) is 11.0. The van der Waals surface area contributed by atoms with E-state index in [2.05, 4.69) is 37.9 Å². The van der Waals surface area contributed by atoms with Crippen LogP contribution in [-0.4, -0.2) is 40.7 Å². The van der Waals surface area contributed by atoms with E-state index in [-0.39, 0.29) is 34.6 Å². The number of hydrogen-bond acceptors (Lipinski definition) is 7. The Hall–Kier alpha value is 0.0200. The first-order valence-corrected chi connectivity index (χ1v) is 10.7. The van der Waals surface area contributed by atoms with Crippen LogP contribution < -0.4 is 5.73 Å². The molecule has 0 radical (unpaired) electrons. The largest absolute Gasteiger partial charge is 0.321 e. The van der Waals surface area contributed by atoms with Crippen LogP contribution in [0.2, 0.25) is 0 Å². The first-order valence-electron chi connectivity index (χ1n) is 8.82. The smallest absolute Gasteiger partial charge is 0.155 e. The molecule has 0 rings (SSSR count). The van der Waals surface area contributed by atoms with Crippen LogP contribution in [0, 0.1) is 22.7 Å². The molecule has 0 amide bonds. The number of Topliss-reactive ketones (excluding diaryl/α,β-unsaturated/α-hetero) is 3. The molecule has 0 unspecified atom stereocenters. The lowest BCUT2D eigenvalue weighted by molar-refractivity contribution is -0.133. The van der Waals surface area contributed by atoms with Crippen molar-refractivity contribution in [1.82, 2.24) is 0 Å². The van der Waals surface area contributed by atoms with Crippen LogP contribution >= 0.6 is 37.9 Å². The van der Waals surface area contributed by atoms with Crippen LogP contribution in [0.5, 0.6) is 0 Å². The summed E-state index contributed by atoms with van der Waals surface area (Å²) >= 11 is 12.2. The SMILES string of the molecule is CC(C)(C)C(=O)[C@@H](N)CS.C[C@@H](CS)C(=O)C[C@@H](CS)C(=O)C(C)(C)C. The van der Waals surface area contributed by atoms with Crippen molar-refractivity contribution in [2.45, 2.75) is 60.9 Å². The van der Waals surface area contributed by atoms with E-state index in [9.17, 15) is 14.4 Å². The summed E-state index contributed by atoms with van der Waals surface area (Å²) in [6, 6.07) is -0.414. The van der Waals surface area contributed by atoms with Gasteiger partial charge in [-0.1, -0.05) is 48.5 Å². The van der Waals surface area contributed by atoms with E-state index in [1.54, 1.807) is 0 Å². The Morgan fingerprint density at radius 2 is 1.23 bits per heavy atom. The second-order valence-electron chi connectivity index (χ2n) is 8.65. The number of ketones is 3. The third-order valence-corrected chi connectivity index (χ3v) is 5.26. The van der Waals surface area contributed by atoms with Crippen LogP contribution in [0.15, 0.2) is 0 Å². The minimum Gasteiger partial charge on any atom is -0.321 e. The van der Waals surface area contributed by atoms with Crippen LogP contribution in [0.4, 0.5) is 0 Å². The van der Waals surface area contributed by atoms with Gasteiger partial charge < -0.3 is 5.73 Å². The van der Waals surface area contributed by atoms with Crippen molar-refractivity contribution in [1.29, 1.82) is 0 Å². The number of hydrogen-bond donors (Lipinski definition) is 4. The Balaban J connectivity index is 0. The van der Waals surface area contributed by atoms with Gasteiger partial charge in [-0.25, -0.2) is 0 Å². The Morgan fingerprint density at radius 1 is 0.808 bits per heavy atom. The molecule has 0 saturated carbocycles. The van der Waals surface area contributed by atoms with Gasteiger partial charge in [0.1, 0.15) is 11.6 Å². The topological polar surface area (TPSA) is 77.2 Å². The molecule has 0 saturated heterocycles. The van der Waals surface area contributed by atoms with Gasteiger partial charge in [0.05, 0.1) is 6.04 Å². The van der Waals surface area contributed by atoms with E-state index in [0.29, 0.717) is 23.7 Å². The van der Waals surface area contributed by atoms with Gasteiger partial charge >= 0.3 is 0 Å². The number of thiol groups is 3. The maximum Gasteiger partial charge on any atom is 0.155 e. The quantitative estimate of drug-likeness (QED) is 0.451. The molecule has 0 bridgehead atoms. The molecule has 0 aliphatic rings. The number of rotatable bonds is 8. The maximum atomic E-state index is 12.0. The zero-order valence-corrected chi connectivity index (χ0v) is 19.9. The van der Waals surface area contributed by atoms with E-state index in [4.69, 9.17) is 5.73 Å². The molecule has 0 spiro atoms. The highest BCUT2D eigenvalue weighted by atomic mass is 32.1. The maximum absolute atomic E-state index is 12.0. The Bertz CT molecular complexity index is 468. The van der Waals surface area contributed by atoms with Crippen molar-refractivity contribution >= 4 is 55.2 Å². The molecule has 0 fully saturated rings. The molecule has 0 aromatic carbocycles. The highest BCUT2D eigenvalue weighted by molar-refractivity contribution is 7.80. The van der Waals surface area contributed by atoms with Gasteiger partial charge in [-0.3, -0.25) is 14.4 Å². The molecule has 7 heteroatoms. The summed E-state index contributed by atoms with van der Waals surface area (Å²) in [6.45, 7) is 13.0. The first kappa shape index (κ1) is 28.2. The van der Waals surface area contributed by atoms with Gasteiger partial charge in [0.2, 0.25) is 0 Å². The summed E-state index contributed by atoms with van der Waals surface area (Å²) in [6.07, 6.45) is 0.293. The van der Waals surface area contributed by atoms with Crippen molar-refractivity contribution in [3.8, 4) is 0 Å². The first-order chi connectivity index (χ1) is 11.6. The summed E-state index contributed by atoms with van der Waals surface area (Å²) < 4.78 is 0. The lowest BCUT2D eigenvalue weighted by Gasteiger charge is -2.23. The third-order valence-electron chi connectivity index (χ3n) is 3.87. The number of carbonyl (C=O) groups is 3. The molecular formula is C19H37NO3S3. The van der Waals surface area contributed by atoms with Gasteiger partial charge in [-0.05, 0) is 5.75 Å². The lowest BCUT2D eigenvalue weighted by Crippen LogP contribution is -2.40. The van der Waals surface area contributed by atoms with Crippen LogP contribution in [0.25, 0.3) is 0 Å². The molecule has 0 aliphatic heterocycles. The summed E-state index contributed by atoms with van der Waals surface area (Å²) in [5.41, 5.74) is 4.74. The van der Waals surface area contributed by atoms with Gasteiger partial charge in [-0.2, -0.15) is 37.9 Å². The molecule has 2 N–H and O–H groups in total. The van der Waals surface area contributed by atoms with Crippen molar-refractivity contribution in [2.75, 3.05) is 17.3 Å². The van der Waals surface area contributed by atoms with Gasteiger partial charge in [0.25, 0.3) is 0 Å². The average molecular weight is 424 g/mol. The second-order valence-corrected chi connectivity index (χ2v) is 9.75. The predicted octanol–water partition coefficient (Wildman–Crippen LogP) is 3.53. The van der Waals surface area contributed by atoms with E-state index in [0.717, 1.165) is 0 Å². The number of nitrogens with two attached hydrogens (primary N) is 1. The van der Waals surface area contributed by atoms with Crippen LogP contribution in [-0.2, 0) is 14.4 Å². The fourth-order valence-electron chi connectivity index (χ4n) is 2.04. The minimum atomic E-state index is -0.414. The summed E-state index contributed by atoms with van der Waals surface area (Å²) in [5, 5.41) is 0. The second kappa shape index (κ2) is 12.5. The lowest BCUT2D eigenvalue weighted by atomic mass is 9.81. The highest BCUT2D eigenvalue weighted by Crippen LogP contribution is 2.24. The van der Waals surface area contributed by atoms with E-state index in [1.807, 2.05) is 48.5 Å². The predicted molar refractivity (Wildman–Crippen MR) is 121 cm³/mol. The monoisotopic (exact) mass is 423 g/mol. The van der Waals surface area contributed by atoms with E-state index in [1.165, 1.54) is 0 Å². The molecule has 26 heavy (non-hydrogen) atoms. The van der Waals surface area contributed by atoms with Crippen molar-refractivity contribution in [2.24, 2.45) is 28.4 Å². The van der Waals surface area contributed by atoms with Gasteiger partial charge in [0, 0.05) is 40.6 Å². The molecule has 0 aromatic rings. The average Bonchev–Trinajstić information content (AvgIpc) is 2.55. The Kier molecular flexibility index (Phi) is 13.5. The van der Waals surface area contributed by atoms with Gasteiger partial charge in [-0.15, -0.1) is 0 Å². The molecule has 154 valence electrons. The minimum absolute atomic E-state index is 0.0718. The molecule has 0 aliphatic carbocycles. The van der Waals surface area contributed by atoms with Gasteiger partial charge in [0.15, 0.2) is 5.78 Å². The zero-order valence-electron chi connectivity index (χ0n) is 17.2. The standard InChI is InChI=1S/C12H22O2S2.C7H15NOS/c1-8(6-15)10(13)5-9(7-16)11(14)12(2,3)4;1-7(2,3)6(9)5(8)4-10/h8-9,15-16H,5-7H2,1-4H3;5,10H,4,8H2,1-3H3/t8-,9-;5-/m00/s1. The molecule has 0 aromatic heterocycles. The van der Waals surface area contributed by atoms with Crippen LogP contribution in [0.3, 0.4) is 0 Å². The van der Waals surface area contributed by atoms with Crippen molar-refractivity contribution in [3.63, 3.8) is 0 Å². The van der Waals surface area contributed by atoms with E-state index < -0.39 is 11.5 Å². The summed E-state index contributed by atoms with van der Waals surface area (Å²) in [4.78, 5) is 35.0. The van der Waals surface area contributed by atoms with Crippen molar-refractivity contribution < 1.29 is 14.4 Å². The van der Waals surface area contributed by atoms with Crippen LogP contribution in [0.1, 0.15) is 54.9 Å². The number of carbonyl (C=O) groups excluding carboxylic acids is 3. The normalized spacial score (nSPS) is 15.3. The van der Waals surface area contributed by atoms with Crippen molar-refractivity contribution in [3.05, 3.63) is 0 Å². The zero-order chi connectivity index (χ0) is 21.3. The molecule has 3 atom stereocenters. The summed E-state index contributed by atoms with van der Waals surface area (Å²) in [7, 11) is 0. The molecular weight excluding hydrogens is 386 g/mol. The molecule has 4 nitrogen and oxygen atoms in total. The Labute approximate surface area is 176 Å². The van der Waals surface area contributed by atoms with E-state index >= 15 is 0 Å². The summed E-state index contributed by atoms with van der Waals surface area (Å²) in [5.74, 6) is 1.33. The molecule has 0 heterocycles. The fraction of sp³-hybridized carbons (Fsp3) is 0.842. The fourth-order valence-corrected chi connectivity index (χ4v) is 2.70.